The predicted molar refractivity (Wildman–Crippen MR) is 69.0 cm³/mol. The zero-order chi connectivity index (χ0) is 13.4. The Bertz CT molecular complexity index is 410. The van der Waals surface area contributed by atoms with E-state index < -0.39 is 20.9 Å². The Labute approximate surface area is 109 Å². The van der Waals surface area contributed by atoms with E-state index in [4.69, 9.17) is 10.5 Å². The Morgan fingerprint density at radius 2 is 2.17 bits per heavy atom. The van der Waals surface area contributed by atoms with Gasteiger partial charge in [-0.15, -0.1) is 0 Å². The molecule has 5 nitrogen and oxygen atoms in total. The molecule has 2 aliphatic heterocycles. The fraction of sp³-hybridized carbons (Fsp3) is 1.00. The van der Waals surface area contributed by atoms with E-state index in [2.05, 4.69) is 0 Å². The van der Waals surface area contributed by atoms with Gasteiger partial charge < -0.3 is 15.6 Å². The van der Waals surface area contributed by atoms with Crippen LogP contribution in [0.3, 0.4) is 0 Å². The standard InChI is InChI=1S/C12H23NO4S/c1-2-10-7-12(14,3-5-17-10)11(8-13)4-6-18(15,16)9-11/h10,14H,2-9,13H2,1H3. The number of rotatable bonds is 3. The zero-order valence-electron chi connectivity index (χ0n) is 10.9. The number of ether oxygens (including phenoxy) is 1. The fourth-order valence-corrected chi connectivity index (χ4v) is 5.53. The van der Waals surface area contributed by atoms with Gasteiger partial charge in [0.15, 0.2) is 9.84 Å². The van der Waals surface area contributed by atoms with Crippen molar-refractivity contribution in [2.45, 2.75) is 44.3 Å². The van der Waals surface area contributed by atoms with E-state index in [0.29, 0.717) is 25.9 Å². The molecule has 0 aromatic rings. The minimum atomic E-state index is -3.06. The minimum Gasteiger partial charge on any atom is -0.389 e. The molecular weight excluding hydrogens is 254 g/mol. The lowest BCUT2D eigenvalue weighted by atomic mass is 9.66. The van der Waals surface area contributed by atoms with Crippen molar-refractivity contribution >= 4 is 9.84 Å². The number of sulfone groups is 1. The van der Waals surface area contributed by atoms with Crippen molar-refractivity contribution in [3.05, 3.63) is 0 Å². The second-order valence-electron chi connectivity index (χ2n) is 5.71. The second kappa shape index (κ2) is 4.74. The van der Waals surface area contributed by atoms with Crippen LogP contribution >= 0.6 is 0 Å². The van der Waals surface area contributed by atoms with Gasteiger partial charge in [-0.3, -0.25) is 0 Å². The van der Waals surface area contributed by atoms with Gasteiger partial charge in [-0.2, -0.15) is 0 Å². The first-order valence-corrected chi connectivity index (χ1v) is 8.43. The van der Waals surface area contributed by atoms with Gasteiger partial charge in [0.2, 0.25) is 0 Å². The summed E-state index contributed by atoms with van der Waals surface area (Å²) < 4.78 is 29.1. The van der Waals surface area contributed by atoms with Gasteiger partial charge in [0, 0.05) is 31.4 Å². The fourth-order valence-electron chi connectivity index (χ4n) is 3.31. The molecule has 2 fully saturated rings. The first-order chi connectivity index (χ1) is 8.36. The maximum absolute atomic E-state index is 11.7. The summed E-state index contributed by atoms with van der Waals surface area (Å²) in [5.74, 6) is 0.160. The second-order valence-corrected chi connectivity index (χ2v) is 7.90. The van der Waals surface area contributed by atoms with Crippen LogP contribution in [0.2, 0.25) is 0 Å². The van der Waals surface area contributed by atoms with Crippen molar-refractivity contribution < 1.29 is 18.3 Å². The van der Waals surface area contributed by atoms with Crippen molar-refractivity contribution in [1.29, 1.82) is 0 Å². The molecule has 3 N–H and O–H groups in total. The molecule has 3 atom stereocenters. The maximum atomic E-state index is 11.7. The molecule has 2 heterocycles. The van der Waals surface area contributed by atoms with Crippen molar-refractivity contribution in [1.82, 2.24) is 0 Å². The number of hydrogen-bond donors (Lipinski definition) is 2. The van der Waals surface area contributed by atoms with Gasteiger partial charge in [0.05, 0.1) is 23.2 Å². The zero-order valence-corrected chi connectivity index (χ0v) is 11.7. The van der Waals surface area contributed by atoms with E-state index in [1.807, 2.05) is 6.92 Å². The molecule has 0 saturated carbocycles. The molecule has 0 bridgehead atoms. The van der Waals surface area contributed by atoms with E-state index in [1.165, 1.54) is 0 Å². The van der Waals surface area contributed by atoms with Crippen LogP contribution in [0.15, 0.2) is 0 Å². The Kier molecular flexibility index (Phi) is 3.75. The summed E-state index contributed by atoms with van der Waals surface area (Å²) in [5, 5.41) is 10.9. The molecule has 0 radical (unpaired) electrons. The van der Waals surface area contributed by atoms with Crippen molar-refractivity contribution in [2.24, 2.45) is 11.1 Å². The first kappa shape index (κ1) is 14.2. The van der Waals surface area contributed by atoms with Crippen LogP contribution in [-0.4, -0.2) is 49.9 Å². The van der Waals surface area contributed by atoms with E-state index >= 15 is 0 Å². The predicted octanol–water partition coefficient (Wildman–Crippen LogP) is 0.0701. The molecule has 0 aromatic carbocycles. The van der Waals surface area contributed by atoms with E-state index in [-0.39, 0.29) is 24.2 Å². The molecule has 18 heavy (non-hydrogen) atoms. The van der Waals surface area contributed by atoms with Crippen molar-refractivity contribution in [2.75, 3.05) is 24.7 Å². The van der Waals surface area contributed by atoms with Crippen LogP contribution in [-0.2, 0) is 14.6 Å². The lowest BCUT2D eigenvalue weighted by molar-refractivity contribution is -0.159. The maximum Gasteiger partial charge on any atom is 0.151 e. The molecule has 106 valence electrons. The van der Waals surface area contributed by atoms with Crippen LogP contribution in [0, 0.1) is 5.41 Å². The molecule has 2 rings (SSSR count). The highest BCUT2D eigenvalue weighted by Crippen LogP contribution is 2.47. The van der Waals surface area contributed by atoms with E-state index in [0.717, 1.165) is 6.42 Å². The van der Waals surface area contributed by atoms with E-state index in [9.17, 15) is 13.5 Å². The smallest absolute Gasteiger partial charge is 0.151 e. The summed E-state index contributed by atoms with van der Waals surface area (Å²) in [6.07, 6.45) is 2.29. The average Bonchev–Trinajstić information content (AvgIpc) is 2.67. The number of nitrogens with two attached hydrogens (primary N) is 1. The van der Waals surface area contributed by atoms with Gasteiger partial charge in [0.25, 0.3) is 0 Å². The first-order valence-electron chi connectivity index (χ1n) is 6.61. The topological polar surface area (TPSA) is 89.6 Å². The SMILES string of the molecule is CCC1CC(O)(C2(CN)CCS(=O)(=O)C2)CCO1. The van der Waals surface area contributed by atoms with Crippen molar-refractivity contribution in [3.63, 3.8) is 0 Å². The lowest BCUT2D eigenvalue weighted by Crippen LogP contribution is -2.57. The molecule has 6 heteroatoms. The van der Waals surface area contributed by atoms with Crippen molar-refractivity contribution in [3.8, 4) is 0 Å². The Hall–Kier alpha value is -0.170. The Balaban J connectivity index is 2.26. The van der Waals surface area contributed by atoms with Gasteiger partial charge in [-0.1, -0.05) is 6.92 Å². The van der Waals surface area contributed by atoms with Gasteiger partial charge in [-0.05, 0) is 12.8 Å². The third kappa shape index (κ3) is 2.31. The largest absolute Gasteiger partial charge is 0.389 e. The highest BCUT2D eigenvalue weighted by Gasteiger charge is 2.56. The minimum absolute atomic E-state index is 0.00970. The highest BCUT2D eigenvalue weighted by molar-refractivity contribution is 7.91. The molecule has 2 saturated heterocycles. The molecular formula is C12H23NO4S. The molecule has 2 aliphatic rings. The van der Waals surface area contributed by atoms with Gasteiger partial charge >= 0.3 is 0 Å². The quantitative estimate of drug-likeness (QED) is 0.762. The third-order valence-electron chi connectivity index (χ3n) is 4.66. The third-order valence-corrected chi connectivity index (χ3v) is 6.47. The molecule has 3 unspecified atom stereocenters. The Morgan fingerprint density at radius 1 is 1.44 bits per heavy atom. The van der Waals surface area contributed by atoms with Gasteiger partial charge in [0.1, 0.15) is 0 Å². The van der Waals surface area contributed by atoms with Crippen LogP contribution in [0.25, 0.3) is 0 Å². The normalized spacial score (nSPS) is 44.1. The monoisotopic (exact) mass is 277 g/mol. The summed E-state index contributed by atoms with van der Waals surface area (Å²) in [7, 11) is -3.06. The Morgan fingerprint density at radius 3 is 2.67 bits per heavy atom. The molecule has 0 aromatic heterocycles. The van der Waals surface area contributed by atoms with Crippen LogP contribution < -0.4 is 5.73 Å². The number of aliphatic hydroxyl groups is 1. The van der Waals surface area contributed by atoms with Crippen LogP contribution in [0.1, 0.15) is 32.6 Å². The van der Waals surface area contributed by atoms with Gasteiger partial charge in [-0.25, -0.2) is 8.42 Å². The molecule has 0 amide bonds. The summed E-state index contributed by atoms with van der Waals surface area (Å²) in [4.78, 5) is 0. The summed E-state index contributed by atoms with van der Waals surface area (Å²) in [6, 6.07) is 0. The van der Waals surface area contributed by atoms with Crippen LogP contribution in [0.5, 0.6) is 0 Å². The summed E-state index contributed by atoms with van der Waals surface area (Å²) in [6.45, 7) is 2.72. The highest BCUT2D eigenvalue weighted by atomic mass is 32.2. The summed E-state index contributed by atoms with van der Waals surface area (Å²) in [5.41, 5.74) is 4.15. The lowest BCUT2D eigenvalue weighted by Gasteiger charge is -2.48. The molecule has 0 aliphatic carbocycles. The van der Waals surface area contributed by atoms with Crippen LogP contribution in [0.4, 0.5) is 0 Å². The summed E-state index contributed by atoms with van der Waals surface area (Å²) >= 11 is 0. The average molecular weight is 277 g/mol. The van der Waals surface area contributed by atoms with E-state index in [1.54, 1.807) is 0 Å². The molecule has 0 spiro atoms. The number of hydrogen-bond acceptors (Lipinski definition) is 5.